The third-order valence-electron chi connectivity index (χ3n) is 2.99. The molecule has 0 aliphatic rings. The monoisotopic (exact) mass is 244 g/mol. The average Bonchev–Trinajstić information content (AvgIpc) is 2.21. The van der Waals surface area contributed by atoms with Crippen LogP contribution in [0.25, 0.3) is 0 Å². The van der Waals surface area contributed by atoms with E-state index in [1.54, 1.807) is 6.92 Å². The van der Waals surface area contributed by atoms with E-state index in [0.717, 1.165) is 0 Å². The quantitative estimate of drug-likeness (QED) is 0.672. The van der Waals surface area contributed by atoms with Gasteiger partial charge in [0.25, 0.3) is 0 Å². The molecule has 0 aliphatic heterocycles. The minimum Gasteiger partial charge on any atom is -0.480 e. The molecular weight excluding hydrogens is 220 g/mol. The van der Waals surface area contributed by atoms with Crippen LogP contribution in [-0.4, -0.2) is 29.1 Å². The lowest BCUT2D eigenvalue weighted by molar-refractivity contribution is -0.143. The number of amides is 1. The molecule has 0 fully saturated rings. The van der Waals surface area contributed by atoms with E-state index >= 15 is 0 Å². The second-order valence-corrected chi connectivity index (χ2v) is 5.55. The molecule has 0 spiro atoms. The van der Waals surface area contributed by atoms with Crippen molar-refractivity contribution in [2.24, 2.45) is 17.1 Å². The first-order chi connectivity index (χ1) is 7.61. The number of nitrogens with one attached hydrogen (secondary N) is 1. The molecule has 5 heteroatoms. The number of hydrogen-bond acceptors (Lipinski definition) is 3. The molecule has 4 N–H and O–H groups in total. The summed E-state index contributed by atoms with van der Waals surface area (Å²) in [5, 5.41) is 11.6. The molecule has 0 heterocycles. The van der Waals surface area contributed by atoms with Gasteiger partial charge in [0, 0.05) is 0 Å². The van der Waals surface area contributed by atoms with Crippen LogP contribution in [0.5, 0.6) is 0 Å². The summed E-state index contributed by atoms with van der Waals surface area (Å²) >= 11 is 0. The molecule has 0 aromatic rings. The Bertz CT molecular complexity index is 284. The Labute approximate surface area is 103 Å². The van der Waals surface area contributed by atoms with Gasteiger partial charge in [-0.25, -0.2) is 4.79 Å². The summed E-state index contributed by atoms with van der Waals surface area (Å²) in [7, 11) is 0. The smallest absolute Gasteiger partial charge is 0.326 e. The van der Waals surface area contributed by atoms with Crippen molar-refractivity contribution in [1.82, 2.24) is 5.32 Å². The molecule has 5 nitrogen and oxygen atoms in total. The number of hydrogen-bond donors (Lipinski definition) is 3. The lowest BCUT2D eigenvalue weighted by atomic mass is 9.86. The molecule has 0 aliphatic carbocycles. The molecule has 3 atom stereocenters. The van der Waals surface area contributed by atoms with Gasteiger partial charge < -0.3 is 16.2 Å². The summed E-state index contributed by atoms with van der Waals surface area (Å²) in [6.07, 6.45) is 0.683. The van der Waals surface area contributed by atoms with Crippen molar-refractivity contribution in [3.05, 3.63) is 0 Å². The van der Waals surface area contributed by atoms with Crippen LogP contribution in [-0.2, 0) is 9.59 Å². The number of carbonyl (C=O) groups is 2. The van der Waals surface area contributed by atoms with Gasteiger partial charge >= 0.3 is 5.97 Å². The van der Waals surface area contributed by atoms with Crippen LogP contribution in [0.1, 0.15) is 41.0 Å². The molecule has 0 radical (unpaired) electrons. The van der Waals surface area contributed by atoms with Crippen LogP contribution in [0.4, 0.5) is 0 Å². The molecule has 0 aromatic heterocycles. The lowest BCUT2D eigenvalue weighted by Crippen LogP contribution is -2.54. The van der Waals surface area contributed by atoms with Crippen LogP contribution >= 0.6 is 0 Å². The van der Waals surface area contributed by atoms with E-state index < -0.39 is 24.0 Å². The van der Waals surface area contributed by atoms with Gasteiger partial charge in [0.15, 0.2) is 0 Å². The molecule has 0 saturated heterocycles. The van der Waals surface area contributed by atoms with E-state index in [-0.39, 0.29) is 11.3 Å². The molecule has 100 valence electrons. The number of carboxylic acid groups (broad SMARTS) is 1. The highest BCUT2D eigenvalue weighted by atomic mass is 16.4. The Morgan fingerprint density at radius 3 is 2.12 bits per heavy atom. The van der Waals surface area contributed by atoms with Crippen molar-refractivity contribution in [2.45, 2.75) is 53.1 Å². The van der Waals surface area contributed by atoms with Gasteiger partial charge in [-0.3, -0.25) is 4.79 Å². The first kappa shape index (κ1) is 15.9. The highest BCUT2D eigenvalue weighted by molar-refractivity contribution is 5.87. The number of carbonyl (C=O) groups excluding carboxylic acids is 1. The first-order valence-electron chi connectivity index (χ1n) is 5.90. The van der Waals surface area contributed by atoms with Crippen molar-refractivity contribution in [1.29, 1.82) is 0 Å². The standard InChI is InChI=1S/C12H24N2O3/c1-6-7(2)8(11(16)17)14-10(15)9(13)12(3,4)5/h7-9H,6,13H2,1-5H3,(H,14,15)(H,16,17). The molecule has 3 unspecified atom stereocenters. The zero-order valence-electron chi connectivity index (χ0n) is 11.3. The third-order valence-corrected chi connectivity index (χ3v) is 2.99. The van der Waals surface area contributed by atoms with Crippen LogP contribution in [0, 0.1) is 11.3 Å². The van der Waals surface area contributed by atoms with Gasteiger partial charge in [0.1, 0.15) is 6.04 Å². The summed E-state index contributed by atoms with van der Waals surface area (Å²) < 4.78 is 0. The van der Waals surface area contributed by atoms with Crippen molar-refractivity contribution in [3.8, 4) is 0 Å². The van der Waals surface area contributed by atoms with Crippen LogP contribution < -0.4 is 11.1 Å². The van der Waals surface area contributed by atoms with Gasteiger partial charge in [0.05, 0.1) is 6.04 Å². The highest BCUT2D eigenvalue weighted by Crippen LogP contribution is 2.18. The molecule has 0 rings (SSSR count). The zero-order chi connectivity index (χ0) is 13.8. The average molecular weight is 244 g/mol. The largest absolute Gasteiger partial charge is 0.480 e. The Balaban J connectivity index is 4.68. The summed E-state index contributed by atoms with van der Waals surface area (Å²) in [6, 6.07) is -1.59. The normalized spacial score (nSPS) is 17.1. The van der Waals surface area contributed by atoms with E-state index in [2.05, 4.69) is 5.32 Å². The fourth-order valence-corrected chi connectivity index (χ4v) is 1.32. The predicted molar refractivity (Wildman–Crippen MR) is 66.5 cm³/mol. The predicted octanol–water partition coefficient (Wildman–Crippen LogP) is 0.975. The van der Waals surface area contributed by atoms with Crippen molar-refractivity contribution < 1.29 is 14.7 Å². The zero-order valence-corrected chi connectivity index (χ0v) is 11.3. The number of nitrogens with two attached hydrogens (primary N) is 1. The summed E-state index contributed by atoms with van der Waals surface area (Å²) in [6.45, 7) is 9.21. The minimum atomic E-state index is -1.02. The fraction of sp³-hybridized carbons (Fsp3) is 0.833. The Hall–Kier alpha value is -1.10. The Morgan fingerprint density at radius 1 is 1.35 bits per heavy atom. The number of rotatable bonds is 5. The van der Waals surface area contributed by atoms with E-state index in [1.807, 2.05) is 27.7 Å². The van der Waals surface area contributed by atoms with Gasteiger partial charge in [-0.1, -0.05) is 41.0 Å². The third kappa shape index (κ3) is 4.73. The Kier molecular flexibility index (Phi) is 5.61. The van der Waals surface area contributed by atoms with E-state index in [9.17, 15) is 9.59 Å². The van der Waals surface area contributed by atoms with Gasteiger partial charge in [0.2, 0.25) is 5.91 Å². The maximum absolute atomic E-state index is 11.8. The second-order valence-electron chi connectivity index (χ2n) is 5.55. The van der Waals surface area contributed by atoms with E-state index in [4.69, 9.17) is 10.8 Å². The molecular formula is C12H24N2O3. The van der Waals surface area contributed by atoms with Gasteiger partial charge in [-0.15, -0.1) is 0 Å². The van der Waals surface area contributed by atoms with Crippen molar-refractivity contribution in [2.75, 3.05) is 0 Å². The second kappa shape index (κ2) is 6.00. The van der Waals surface area contributed by atoms with E-state index in [1.165, 1.54) is 0 Å². The lowest BCUT2D eigenvalue weighted by Gasteiger charge is -2.28. The van der Waals surface area contributed by atoms with Crippen molar-refractivity contribution >= 4 is 11.9 Å². The first-order valence-corrected chi connectivity index (χ1v) is 5.90. The van der Waals surface area contributed by atoms with Crippen molar-refractivity contribution in [3.63, 3.8) is 0 Å². The molecule has 0 saturated carbocycles. The van der Waals surface area contributed by atoms with Gasteiger partial charge in [-0.05, 0) is 11.3 Å². The van der Waals surface area contributed by atoms with Crippen LogP contribution in [0.3, 0.4) is 0 Å². The maximum Gasteiger partial charge on any atom is 0.326 e. The molecule has 0 aromatic carbocycles. The summed E-state index contributed by atoms with van der Waals surface area (Å²) in [4.78, 5) is 22.9. The Morgan fingerprint density at radius 2 is 1.82 bits per heavy atom. The maximum atomic E-state index is 11.8. The summed E-state index contributed by atoms with van der Waals surface area (Å²) in [5.41, 5.74) is 5.39. The SMILES string of the molecule is CCC(C)C(NC(=O)C(N)C(C)(C)C)C(=O)O. The molecule has 1 amide bonds. The van der Waals surface area contributed by atoms with E-state index in [0.29, 0.717) is 6.42 Å². The van der Waals surface area contributed by atoms with Crippen LogP contribution in [0.2, 0.25) is 0 Å². The molecule has 0 bridgehead atoms. The fourth-order valence-electron chi connectivity index (χ4n) is 1.32. The highest BCUT2D eigenvalue weighted by Gasteiger charge is 2.32. The minimum absolute atomic E-state index is 0.122. The van der Waals surface area contributed by atoms with Gasteiger partial charge in [-0.2, -0.15) is 0 Å². The number of carboxylic acids is 1. The topological polar surface area (TPSA) is 92.4 Å². The van der Waals surface area contributed by atoms with Crippen LogP contribution in [0.15, 0.2) is 0 Å². The summed E-state index contributed by atoms with van der Waals surface area (Å²) in [5.74, 6) is -1.55. The number of aliphatic carboxylic acids is 1. The molecule has 17 heavy (non-hydrogen) atoms.